The molecule has 1 aliphatic rings. The Balaban J connectivity index is 2.42. The van der Waals surface area contributed by atoms with Crippen LogP contribution in [0.25, 0.3) is 0 Å². The lowest BCUT2D eigenvalue weighted by Gasteiger charge is -2.24. The largest absolute Gasteiger partial charge is 0.305 e. The Labute approximate surface area is 116 Å². The van der Waals surface area contributed by atoms with Gasteiger partial charge in [-0.05, 0) is 25.8 Å². The Morgan fingerprint density at radius 2 is 1.84 bits per heavy atom. The zero-order valence-corrected chi connectivity index (χ0v) is 12.6. The lowest BCUT2D eigenvalue weighted by molar-refractivity contribution is -0.141. The molecule has 2 amide bonds. The van der Waals surface area contributed by atoms with Crippen LogP contribution < -0.4 is 5.32 Å². The third kappa shape index (κ3) is 4.30. The van der Waals surface area contributed by atoms with Crippen LogP contribution in [0.2, 0.25) is 0 Å². The van der Waals surface area contributed by atoms with E-state index < -0.39 is 0 Å². The summed E-state index contributed by atoms with van der Waals surface area (Å²) >= 11 is 0. The Bertz CT molecular complexity index is 301. The summed E-state index contributed by atoms with van der Waals surface area (Å²) in [5.41, 5.74) is 0. The molecular formula is C15H28N2O2. The summed E-state index contributed by atoms with van der Waals surface area (Å²) in [5, 5.41) is 3.24. The van der Waals surface area contributed by atoms with Crippen LogP contribution in [0.15, 0.2) is 0 Å². The van der Waals surface area contributed by atoms with Crippen LogP contribution in [0.5, 0.6) is 0 Å². The van der Waals surface area contributed by atoms with Crippen molar-refractivity contribution < 1.29 is 9.59 Å². The number of imide groups is 1. The maximum absolute atomic E-state index is 12.2. The van der Waals surface area contributed by atoms with Gasteiger partial charge in [0.25, 0.3) is 0 Å². The summed E-state index contributed by atoms with van der Waals surface area (Å²) in [6, 6.07) is -0.207. The van der Waals surface area contributed by atoms with Crippen LogP contribution in [-0.4, -0.2) is 35.3 Å². The number of hydrogen-bond donors (Lipinski definition) is 1. The van der Waals surface area contributed by atoms with Gasteiger partial charge < -0.3 is 5.32 Å². The molecule has 0 spiro atoms. The molecule has 1 fully saturated rings. The zero-order valence-electron chi connectivity index (χ0n) is 12.6. The van der Waals surface area contributed by atoms with E-state index in [1.54, 1.807) is 0 Å². The molecule has 19 heavy (non-hydrogen) atoms. The monoisotopic (exact) mass is 268 g/mol. The molecule has 0 aromatic rings. The number of unbranched alkanes of at least 4 members (excludes halogenated alkanes) is 3. The molecule has 0 aliphatic carbocycles. The first-order valence-electron chi connectivity index (χ1n) is 7.74. The van der Waals surface area contributed by atoms with Gasteiger partial charge in [0.05, 0.1) is 12.5 Å². The van der Waals surface area contributed by atoms with E-state index in [4.69, 9.17) is 0 Å². The zero-order chi connectivity index (χ0) is 14.3. The average molecular weight is 268 g/mol. The second-order valence-corrected chi connectivity index (χ2v) is 5.34. The molecule has 4 heteroatoms. The molecule has 0 aromatic heterocycles. The maximum Gasteiger partial charge on any atom is 0.247 e. The van der Waals surface area contributed by atoms with E-state index in [0.29, 0.717) is 6.42 Å². The van der Waals surface area contributed by atoms with Gasteiger partial charge in [-0.2, -0.15) is 0 Å². The number of nitrogens with one attached hydrogen (secondary N) is 1. The van der Waals surface area contributed by atoms with E-state index in [1.807, 2.05) is 13.8 Å². The average Bonchev–Trinajstić information content (AvgIpc) is 2.68. The highest BCUT2D eigenvalue weighted by Crippen LogP contribution is 2.20. The van der Waals surface area contributed by atoms with Crippen molar-refractivity contribution in [3.8, 4) is 0 Å². The van der Waals surface area contributed by atoms with Crippen molar-refractivity contribution in [1.82, 2.24) is 10.2 Å². The number of amides is 2. The highest BCUT2D eigenvalue weighted by Gasteiger charge is 2.40. The molecule has 1 rings (SSSR count). The molecule has 1 N–H and O–H groups in total. The molecule has 1 saturated heterocycles. The molecule has 4 nitrogen and oxygen atoms in total. The minimum Gasteiger partial charge on any atom is -0.305 e. The summed E-state index contributed by atoms with van der Waals surface area (Å²) in [4.78, 5) is 25.7. The predicted molar refractivity (Wildman–Crippen MR) is 76.8 cm³/mol. The predicted octanol–water partition coefficient (Wildman–Crippen LogP) is 2.47. The highest BCUT2D eigenvalue weighted by molar-refractivity contribution is 6.05. The maximum atomic E-state index is 12.2. The topological polar surface area (TPSA) is 49.4 Å². The number of rotatable bonds is 9. The first kappa shape index (κ1) is 16.2. The Morgan fingerprint density at radius 3 is 2.42 bits per heavy atom. The number of hydrogen-bond acceptors (Lipinski definition) is 3. The molecule has 0 aromatic carbocycles. The smallest absolute Gasteiger partial charge is 0.247 e. The molecule has 0 saturated carbocycles. The lowest BCUT2D eigenvalue weighted by atomic mass is 10.1. The molecule has 1 heterocycles. The van der Waals surface area contributed by atoms with Gasteiger partial charge in [0, 0.05) is 6.04 Å². The first-order valence-corrected chi connectivity index (χ1v) is 7.74. The quantitative estimate of drug-likeness (QED) is 0.516. The highest BCUT2D eigenvalue weighted by atomic mass is 16.2. The van der Waals surface area contributed by atoms with E-state index in [9.17, 15) is 9.59 Å². The minimum absolute atomic E-state index is 0.00948. The summed E-state index contributed by atoms with van der Waals surface area (Å²) in [6.07, 6.45) is 6.74. The number of carbonyl (C=O) groups excluding carboxylic acids is 2. The second-order valence-electron chi connectivity index (χ2n) is 5.34. The van der Waals surface area contributed by atoms with Gasteiger partial charge in [-0.1, -0.05) is 40.0 Å². The standard InChI is InChI=1S/C15H28N2O2/c1-4-7-8-9-10-16-13-11-14(18)17(15(13)19)12(5-2)6-3/h12-13,16H,4-11H2,1-3H3. The van der Waals surface area contributed by atoms with Crippen LogP contribution in [-0.2, 0) is 9.59 Å². The van der Waals surface area contributed by atoms with Gasteiger partial charge in [-0.25, -0.2) is 0 Å². The molecule has 110 valence electrons. The Morgan fingerprint density at radius 1 is 1.16 bits per heavy atom. The van der Waals surface area contributed by atoms with Crippen molar-refractivity contribution in [2.24, 2.45) is 0 Å². The second kappa shape index (κ2) is 8.31. The van der Waals surface area contributed by atoms with Gasteiger partial charge in [0.15, 0.2) is 0 Å². The van der Waals surface area contributed by atoms with Gasteiger partial charge in [0.1, 0.15) is 0 Å². The summed E-state index contributed by atoms with van der Waals surface area (Å²) in [7, 11) is 0. The number of carbonyl (C=O) groups is 2. The fourth-order valence-electron chi connectivity index (χ4n) is 2.68. The molecule has 1 unspecified atom stereocenters. The van der Waals surface area contributed by atoms with Crippen LogP contribution in [0.1, 0.15) is 65.7 Å². The molecule has 0 bridgehead atoms. The van der Waals surface area contributed by atoms with Crippen LogP contribution in [0.3, 0.4) is 0 Å². The van der Waals surface area contributed by atoms with Gasteiger partial charge >= 0.3 is 0 Å². The van der Waals surface area contributed by atoms with Crippen molar-refractivity contribution in [2.45, 2.75) is 77.8 Å². The van der Waals surface area contributed by atoms with Gasteiger partial charge in [0.2, 0.25) is 11.8 Å². The van der Waals surface area contributed by atoms with Crippen molar-refractivity contribution in [3.05, 3.63) is 0 Å². The minimum atomic E-state index is -0.283. The summed E-state index contributed by atoms with van der Waals surface area (Å²) < 4.78 is 0. The van der Waals surface area contributed by atoms with Gasteiger partial charge in [-0.15, -0.1) is 0 Å². The molecule has 1 aliphatic heterocycles. The lowest BCUT2D eigenvalue weighted by Crippen LogP contribution is -2.43. The van der Waals surface area contributed by atoms with E-state index >= 15 is 0 Å². The fourth-order valence-corrected chi connectivity index (χ4v) is 2.68. The number of likely N-dealkylation sites (tertiary alicyclic amines) is 1. The summed E-state index contributed by atoms with van der Waals surface area (Å²) in [6.45, 7) is 7.07. The normalized spacial score (nSPS) is 19.8. The van der Waals surface area contributed by atoms with Crippen LogP contribution in [0, 0.1) is 0 Å². The number of nitrogens with zero attached hydrogens (tertiary/aromatic N) is 1. The van der Waals surface area contributed by atoms with Crippen LogP contribution >= 0.6 is 0 Å². The first-order chi connectivity index (χ1) is 9.15. The van der Waals surface area contributed by atoms with Crippen molar-refractivity contribution in [1.29, 1.82) is 0 Å². The fraction of sp³-hybridized carbons (Fsp3) is 0.867. The van der Waals surface area contributed by atoms with Crippen molar-refractivity contribution in [3.63, 3.8) is 0 Å². The van der Waals surface area contributed by atoms with Crippen molar-refractivity contribution >= 4 is 11.8 Å². The Kier molecular flexibility index (Phi) is 7.06. The summed E-state index contributed by atoms with van der Waals surface area (Å²) in [5.74, 6) is -0.0288. The third-order valence-electron chi connectivity index (χ3n) is 3.91. The van der Waals surface area contributed by atoms with E-state index in [2.05, 4.69) is 12.2 Å². The van der Waals surface area contributed by atoms with Gasteiger partial charge in [-0.3, -0.25) is 14.5 Å². The molecule has 0 radical (unpaired) electrons. The van der Waals surface area contributed by atoms with E-state index in [-0.39, 0.29) is 23.9 Å². The van der Waals surface area contributed by atoms with E-state index in [1.165, 1.54) is 24.2 Å². The molecular weight excluding hydrogens is 240 g/mol. The third-order valence-corrected chi connectivity index (χ3v) is 3.91. The Hall–Kier alpha value is -0.900. The SMILES string of the molecule is CCCCCCNC1CC(=O)N(C(CC)CC)C1=O. The van der Waals surface area contributed by atoms with Crippen molar-refractivity contribution in [2.75, 3.05) is 6.54 Å². The van der Waals surface area contributed by atoms with E-state index in [0.717, 1.165) is 25.8 Å². The van der Waals surface area contributed by atoms with Crippen LogP contribution in [0.4, 0.5) is 0 Å². The molecule has 1 atom stereocenters.